The number of pyridine rings is 1. The molecule has 0 unspecified atom stereocenters. The molecule has 0 N–H and O–H groups in total. The first-order valence-electron chi connectivity index (χ1n) is 12.9. The van der Waals surface area contributed by atoms with Gasteiger partial charge >= 0.3 is 10.1 Å². The van der Waals surface area contributed by atoms with E-state index in [-0.39, 0.29) is 5.75 Å². The van der Waals surface area contributed by atoms with Crippen LogP contribution in [0.5, 0.6) is 5.75 Å². The van der Waals surface area contributed by atoms with Gasteiger partial charge in [0.1, 0.15) is 5.82 Å². The molecular formula is C29H25N5O7S. The highest BCUT2D eigenvalue weighted by molar-refractivity contribution is 7.87. The summed E-state index contributed by atoms with van der Waals surface area (Å²) in [6, 6.07) is 22.4. The Balaban J connectivity index is 1.71. The molecule has 214 valence electrons. The van der Waals surface area contributed by atoms with Gasteiger partial charge in [-0.25, -0.2) is 4.98 Å². The van der Waals surface area contributed by atoms with Gasteiger partial charge in [-0.1, -0.05) is 36.4 Å². The fourth-order valence-corrected chi connectivity index (χ4v) is 5.81. The predicted octanol–water partition coefficient (Wildman–Crippen LogP) is 6.10. The molecule has 0 aliphatic carbocycles. The molecule has 12 nitrogen and oxygen atoms in total. The third-order valence-electron chi connectivity index (χ3n) is 6.75. The summed E-state index contributed by atoms with van der Waals surface area (Å²) in [5, 5.41) is 22.9. The number of benzene rings is 3. The van der Waals surface area contributed by atoms with Crippen molar-refractivity contribution in [3.8, 4) is 28.4 Å². The van der Waals surface area contributed by atoms with Crippen molar-refractivity contribution in [3.05, 3.63) is 111 Å². The molecule has 5 rings (SSSR count). The number of fused-ring (bicyclic) bond motifs is 1. The van der Waals surface area contributed by atoms with Gasteiger partial charge in [-0.15, -0.1) is 0 Å². The van der Waals surface area contributed by atoms with Crippen LogP contribution in [0.4, 0.5) is 17.1 Å². The molecule has 2 heterocycles. The van der Waals surface area contributed by atoms with E-state index in [1.807, 2.05) is 77.7 Å². The first-order chi connectivity index (χ1) is 20.1. The van der Waals surface area contributed by atoms with Gasteiger partial charge in [-0.2, -0.15) is 8.42 Å². The number of hydrogen-bond donors (Lipinski definition) is 0. The number of rotatable bonds is 10. The number of anilines is 1. The average molecular weight is 588 g/mol. The number of nitrogens with zero attached hydrogens (tertiary/aromatic N) is 5. The number of aromatic nitrogens is 2. The van der Waals surface area contributed by atoms with Gasteiger partial charge in [0, 0.05) is 42.7 Å². The number of hydrogen-bond acceptors (Lipinski definition) is 9. The van der Waals surface area contributed by atoms with Crippen LogP contribution in [-0.4, -0.2) is 40.7 Å². The molecule has 0 amide bonds. The molecule has 0 atom stereocenters. The Morgan fingerprint density at radius 3 is 2.26 bits per heavy atom. The highest BCUT2D eigenvalue weighted by Gasteiger charge is 2.32. The quantitative estimate of drug-likeness (QED) is 0.107. The maximum Gasteiger partial charge on any atom is 0.346 e. The Labute approximate surface area is 240 Å². The van der Waals surface area contributed by atoms with E-state index in [9.17, 15) is 28.6 Å². The summed E-state index contributed by atoms with van der Waals surface area (Å²) in [5.74, 6) is 0.279. The number of non-ortho nitro benzene ring substituents is 1. The third-order valence-corrected chi connectivity index (χ3v) is 8.03. The molecule has 42 heavy (non-hydrogen) atoms. The van der Waals surface area contributed by atoms with Crippen LogP contribution in [-0.2, 0) is 10.1 Å². The molecule has 0 fully saturated rings. The van der Waals surface area contributed by atoms with Crippen molar-refractivity contribution in [2.75, 3.05) is 18.0 Å². The predicted molar refractivity (Wildman–Crippen MR) is 157 cm³/mol. The van der Waals surface area contributed by atoms with Gasteiger partial charge in [-0.3, -0.25) is 24.6 Å². The Hall–Kier alpha value is -5.30. The summed E-state index contributed by atoms with van der Waals surface area (Å²) in [6.45, 7) is 5.15. The summed E-state index contributed by atoms with van der Waals surface area (Å²) in [5.41, 5.74) is 1.68. The van der Waals surface area contributed by atoms with Crippen molar-refractivity contribution < 1.29 is 22.4 Å². The molecular weight excluding hydrogens is 562 g/mol. The van der Waals surface area contributed by atoms with Gasteiger partial charge < -0.3 is 9.08 Å². The number of nitro groups is 2. The molecule has 0 aliphatic rings. The van der Waals surface area contributed by atoms with Gasteiger partial charge in [-0.05, 0) is 44.2 Å². The molecule has 0 saturated heterocycles. The lowest BCUT2D eigenvalue weighted by Crippen LogP contribution is -2.22. The molecule has 0 aliphatic heterocycles. The minimum Gasteiger partial charge on any atom is -0.378 e. The van der Waals surface area contributed by atoms with Crippen molar-refractivity contribution in [2.45, 2.75) is 18.7 Å². The monoisotopic (exact) mass is 587 g/mol. The smallest absolute Gasteiger partial charge is 0.346 e. The Morgan fingerprint density at radius 2 is 1.60 bits per heavy atom. The summed E-state index contributed by atoms with van der Waals surface area (Å²) in [7, 11) is -4.84. The Bertz CT molecular complexity index is 1920. The third kappa shape index (κ3) is 5.24. The van der Waals surface area contributed by atoms with Crippen molar-refractivity contribution in [3.63, 3.8) is 0 Å². The molecule has 0 bridgehead atoms. The van der Waals surface area contributed by atoms with Gasteiger partial charge in [0.25, 0.3) is 11.4 Å². The molecule has 5 aromatic rings. The van der Waals surface area contributed by atoms with E-state index in [1.165, 1.54) is 0 Å². The average Bonchev–Trinajstić information content (AvgIpc) is 3.37. The van der Waals surface area contributed by atoms with Gasteiger partial charge in [0.15, 0.2) is 10.6 Å². The first-order valence-corrected chi connectivity index (χ1v) is 14.3. The fourth-order valence-electron chi connectivity index (χ4n) is 4.72. The molecule has 0 spiro atoms. The van der Waals surface area contributed by atoms with Crippen LogP contribution in [0.2, 0.25) is 0 Å². The first kappa shape index (κ1) is 28.2. The molecule has 2 aromatic heterocycles. The summed E-state index contributed by atoms with van der Waals surface area (Å²) in [4.78, 5) is 27.1. The van der Waals surface area contributed by atoms with Crippen LogP contribution in [0.25, 0.3) is 28.2 Å². The second-order valence-electron chi connectivity index (χ2n) is 9.16. The fraction of sp³-hybridized carbons (Fsp3) is 0.138. The summed E-state index contributed by atoms with van der Waals surface area (Å²) in [6.07, 6.45) is 1.79. The standard InChI is InChI=1S/C29H25N5O7S/c1-3-31(4-2)21-13-15-23(29-30-28(20-10-6-5-7-11-20)24-12-8-9-17-32(24)29)26(19-21)41-42(39,40)27-16-14-22(33(35)36)18-25(27)34(37)38/h5-19H,3-4H2,1-2H3. The highest BCUT2D eigenvalue weighted by atomic mass is 32.2. The maximum absolute atomic E-state index is 13.6. The minimum atomic E-state index is -4.84. The highest BCUT2D eigenvalue weighted by Crippen LogP contribution is 2.39. The van der Waals surface area contributed by atoms with E-state index in [0.717, 1.165) is 23.2 Å². The van der Waals surface area contributed by atoms with E-state index >= 15 is 0 Å². The number of imidazole rings is 1. The van der Waals surface area contributed by atoms with E-state index in [1.54, 1.807) is 18.3 Å². The largest absolute Gasteiger partial charge is 0.378 e. The normalized spacial score (nSPS) is 11.4. The lowest BCUT2D eigenvalue weighted by Gasteiger charge is -2.22. The minimum absolute atomic E-state index is 0.109. The van der Waals surface area contributed by atoms with Crippen LogP contribution in [0, 0.1) is 20.2 Å². The van der Waals surface area contributed by atoms with Crippen LogP contribution in [0.15, 0.2) is 96.0 Å². The van der Waals surface area contributed by atoms with E-state index < -0.39 is 36.2 Å². The summed E-state index contributed by atoms with van der Waals surface area (Å²) >= 11 is 0. The zero-order valence-corrected chi connectivity index (χ0v) is 23.4. The van der Waals surface area contributed by atoms with Crippen LogP contribution >= 0.6 is 0 Å². The van der Waals surface area contributed by atoms with E-state index in [4.69, 9.17) is 9.17 Å². The van der Waals surface area contributed by atoms with E-state index in [2.05, 4.69) is 0 Å². The topological polar surface area (TPSA) is 150 Å². The second kappa shape index (κ2) is 11.3. The van der Waals surface area contributed by atoms with Crippen LogP contribution in [0.1, 0.15) is 13.8 Å². The SMILES string of the molecule is CCN(CC)c1ccc(-c2nc(-c3ccccc3)c3ccccn23)c(OS(=O)(=O)c2ccc([N+](=O)[O-])cc2[N+](=O)[O-])c1. The second-order valence-corrected chi connectivity index (χ2v) is 10.7. The summed E-state index contributed by atoms with van der Waals surface area (Å²) < 4.78 is 34.6. The molecule has 13 heteroatoms. The van der Waals surface area contributed by atoms with Crippen molar-refractivity contribution >= 4 is 32.7 Å². The van der Waals surface area contributed by atoms with Crippen molar-refractivity contribution in [1.82, 2.24) is 9.38 Å². The van der Waals surface area contributed by atoms with Crippen molar-refractivity contribution in [2.24, 2.45) is 0 Å². The zero-order valence-electron chi connectivity index (χ0n) is 22.6. The van der Waals surface area contributed by atoms with Crippen LogP contribution in [0.3, 0.4) is 0 Å². The molecule has 0 radical (unpaired) electrons. The Kier molecular flexibility index (Phi) is 7.59. The van der Waals surface area contributed by atoms with Crippen molar-refractivity contribution in [1.29, 1.82) is 0 Å². The van der Waals surface area contributed by atoms with Crippen LogP contribution < -0.4 is 9.08 Å². The lowest BCUT2D eigenvalue weighted by atomic mass is 10.1. The van der Waals surface area contributed by atoms with Gasteiger partial charge in [0.2, 0.25) is 0 Å². The zero-order chi connectivity index (χ0) is 30.0. The number of nitro benzene ring substituents is 2. The molecule has 3 aromatic carbocycles. The maximum atomic E-state index is 13.6. The van der Waals surface area contributed by atoms with Gasteiger partial charge in [0.05, 0.1) is 32.7 Å². The van der Waals surface area contributed by atoms with E-state index in [0.29, 0.717) is 41.9 Å². The Morgan fingerprint density at radius 1 is 0.881 bits per heavy atom. The lowest BCUT2D eigenvalue weighted by molar-refractivity contribution is -0.396. The molecule has 0 saturated carbocycles.